The third-order valence-corrected chi connectivity index (χ3v) is 4.58. The standard InChI is InChI=1S/C12H18ClNS/c1-2-14-8-10-4-3-9(10)7-11-5-6-12(13)15-11/h5-6,9-10,14H,2-4,7-8H2,1H3. The lowest BCUT2D eigenvalue weighted by Gasteiger charge is -2.36. The highest BCUT2D eigenvalue weighted by Gasteiger charge is 2.30. The first-order chi connectivity index (χ1) is 7.29. The van der Waals surface area contributed by atoms with Gasteiger partial charge < -0.3 is 5.32 Å². The highest BCUT2D eigenvalue weighted by Crippen LogP contribution is 2.38. The molecule has 0 amide bonds. The van der Waals surface area contributed by atoms with Gasteiger partial charge in [-0.05, 0) is 56.3 Å². The van der Waals surface area contributed by atoms with Crippen LogP contribution in [0.1, 0.15) is 24.6 Å². The Labute approximate surface area is 101 Å². The van der Waals surface area contributed by atoms with Crippen LogP contribution in [-0.2, 0) is 6.42 Å². The Bertz CT molecular complexity index is 310. The summed E-state index contributed by atoms with van der Waals surface area (Å²) in [6.45, 7) is 4.46. The van der Waals surface area contributed by atoms with Crippen molar-refractivity contribution in [2.24, 2.45) is 11.8 Å². The largest absolute Gasteiger partial charge is 0.317 e. The number of nitrogens with one attached hydrogen (secondary N) is 1. The number of hydrogen-bond donors (Lipinski definition) is 1. The molecule has 1 heterocycles. The molecule has 2 atom stereocenters. The lowest BCUT2D eigenvalue weighted by Crippen LogP contribution is -2.36. The van der Waals surface area contributed by atoms with Gasteiger partial charge in [0.2, 0.25) is 0 Å². The lowest BCUT2D eigenvalue weighted by molar-refractivity contribution is 0.173. The number of hydrogen-bond acceptors (Lipinski definition) is 2. The van der Waals surface area contributed by atoms with E-state index in [1.54, 1.807) is 11.3 Å². The molecular formula is C12H18ClNS. The van der Waals surface area contributed by atoms with E-state index in [0.717, 1.165) is 22.7 Å². The van der Waals surface area contributed by atoms with Crippen LogP contribution in [0.15, 0.2) is 12.1 Å². The van der Waals surface area contributed by atoms with Crippen molar-refractivity contribution in [1.82, 2.24) is 5.32 Å². The van der Waals surface area contributed by atoms with Crippen LogP contribution >= 0.6 is 22.9 Å². The van der Waals surface area contributed by atoms with Gasteiger partial charge in [0.15, 0.2) is 0 Å². The summed E-state index contributed by atoms with van der Waals surface area (Å²) in [7, 11) is 0. The van der Waals surface area contributed by atoms with Crippen LogP contribution in [-0.4, -0.2) is 13.1 Å². The molecule has 1 nitrogen and oxygen atoms in total. The average molecular weight is 244 g/mol. The second kappa shape index (κ2) is 5.33. The van der Waals surface area contributed by atoms with Crippen molar-refractivity contribution < 1.29 is 0 Å². The minimum atomic E-state index is 0.888. The van der Waals surface area contributed by atoms with Gasteiger partial charge in [-0.1, -0.05) is 18.5 Å². The van der Waals surface area contributed by atoms with E-state index >= 15 is 0 Å². The van der Waals surface area contributed by atoms with E-state index in [0.29, 0.717) is 0 Å². The normalized spacial score (nSPS) is 25.2. The maximum absolute atomic E-state index is 5.93. The molecule has 0 bridgehead atoms. The van der Waals surface area contributed by atoms with E-state index in [-0.39, 0.29) is 0 Å². The van der Waals surface area contributed by atoms with Gasteiger partial charge in [0.1, 0.15) is 0 Å². The minimum Gasteiger partial charge on any atom is -0.317 e. The van der Waals surface area contributed by atoms with Gasteiger partial charge in [-0.3, -0.25) is 0 Å². The maximum Gasteiger partial charge on any atom is 0.0931 e. The van der Waals surface area contributed by atoms with Crippen LogP contribution in [0.4, 0.5) is 0 Å². The van der Waals surface area contributed by atoms with E-state index in [4.69, 9.17) is 11.6 Å². The zero-order chi connectivity index (χ0) is 10.7. The number of thiophene rings is 1. The van der Waals surface area contributed by atoms with Crippen molar-refractivity contribution in [3.63, 3.8) is 0 Å². The summed E-state index contributed by atoms with van der Waals surface area (Å²) in [5.41, 5.74) is 0. The van der Waals surface area contributed by atoms with E-state index < -0.39 is 0 Å². The summed E-state index contributed by atoms with van der Waals surface area (Å²) in [5, 5.41) is 3.45. The van der Waals surface area contributed by atoms with Gasteiger partial charge in [0.05, 0.1) is 4.34 Å². The van der Waals surface area contributed by atoms with Gasteiger partial charge in [0, 0.05) is 4.88 Å². The molecule has 1 aromatic heterocycles. The molecule has 0 aliphatic heterocycles. The lowest BCUT2D eigenvalue weighted by atomic mass is 9.71. The molecule has 1 aliphatic rings. The Morgan fingerprint density at radius 3 is 2.73 bits per heavy atom. The van der Waals surface area contributed by atoms with E-state index in [2.05, 4.69) is 18.3 Å². The highest BCUT2D eigenvalue weighted by molar-refractivity contribution is 7.16. The molecule has 0 saturated heterocycles. The fourth-order valence-electron chi connectivity index (χ4n) is 2.23. The van der Waals surface area contributed by atoms with Crippen molar-refractivity contribution in [2.45, 2.75) is 26.2 Å². The molecule has 3 heteroatoms. The van der Waals surface area contributed by atoms with Crippen LogP contribution < -0.4 is 5.32 Å². The van der Waals surface area contributed by atoms with Gasteiger partial charge in [0.25, 0.3) is 0 Å². The van der Waals surface area contributed by atoms with Crippen molar-refractivity contribution >= 4 is 22.9 Å². The molecule has 2 rings (SSSR count). The molecule has 1 aliphatic carbocycles. The van der Waals surface area contributed by atoms with Crippen molar-refractivity contribution in [3.05, 3.63) is 21.3 Å². The Balaban J connectivity index is 1.80. The van der Waals surface area contributed by atoms with Gasteiger partial charge in [-0.2, -0.15) is 0 Å². The van der Waals surface area contributed by atoms with E-state index in [9.17, 15) is 0 Å². The molecule has 1 fully saturated rings. The zero-order valence-corrected chi connectivity index (χ0v) is 10.7. The summed E-state index contributed by atoms with van der Waals surface area (Å²) in [4.78, 5) is 1.45. The van der Waals surface area contributed by atoms with Gasteiger partial charge in [-0.25, -0.2) is 0 Å². The molecule has 84 valence electrons. The third-order valence-electron chi connectivity index (χ3n) is 3.32. The topological polar surface area (TPSA) is 12.0 Å². The first kappa shape index (κ1) is 11.4. The summed E-state index contributed by atoms with van der Waals surface area (Å²) in [6, 6.07) is 4.19. The minimum absolute atomic E-state index is 0.888. The highest BCUT2D eigenvalue weighted by atomic mass is 35.5. The van der Waals surface area contributed by atoms with E-state index in [1.807, 2.05) is 6.07 Å². The van der Waals surface area contributed by atoms with Crippen molar-refractivity contribution in [2.75, 3.05) is 13.1 Å². The predicted molar refractivity (Wildman–Crippen MR) is 67.8 cm³/mol. The van der Waals surface area contributed by atoms with Crippen LogP contribution in [0.5, 0.6) is 0 Å². The zero-order valence-electron chi connectivity index (χ0n) is 9.13. The Kier molecular flexibility index (Phi) is 4.06. The van der Waals surface area contributed by atoms with Crippen LogP contribution in [0.3, 0.4) is 0 Å². The molecule has 1 saturated carbocycles. The number of halogens is 1. The Hall–Kier alpha value is -0.0500. The molecule has 2 unspecified atom stereocenters. The average Bonchev–Trinajstić information content (AvgIpc) is 2.60. The quantitative estimate of drug-likeness (QED) is 0.834. The van der Waals surface area contributed by atoms with Crippen molar-refractivity contribution in [1.29, 1.82) is 0 Å². The molecule has 1 N–H and O–H groups in total. The molecule has 15 heavy (non-hydrogen) atoms. The Morgan fingerprint density at radius 2 is 2.20 bits per heavy atom. The van der Waals surface area contributed by atoms with Gasteiger partial charge in [-0.15, -0.1) is 11.3 Å². The Morgan fingerprint density at radius 1 is 1.40 bits per heavy atom. The van der Waals surface area contributed by atoms with Crippen LogP contribution in [0, 0.1) is 11.8 Å². The second-order valence-corrected chi connectivity index (χ2v) is 6.11. The fraction of sp³-hybridized carbons (Fsp3) is 0.667. The first-order valence-electron chi connectivity index (χ1n) is 5.74. The summed E-state index contributed by atoms with van der Waals surface area (Å²) in [6.07, 6.45) is 4.02. The van der Waals surface area contributed by atoms with Crippen LogP contribution in [0.2, 0.25) is 4.34 Å². The second-order valence-electron chi connectivity index (χ2n) is 4.32. The van der Waals surface area contributed by atoms with Crippen LogP contribution in [0.25, 0.3) is 0 Å². The van der Waals surface area contributed by atoms with Gasteiger partial charge >= 0.3 is 0 Å². The maximum atomic E-state index is 5.93. The summed E-state index contributed by atoms with van der Waals surface area (Å²) in [5.74, 6) is 1.78. The van der Waals surface area contributed by atoms with Crippen molar-refractivity contribution in [3.8, 4) is 0 Å². The summed E-state index contributed by atoms with van der Waals surface area (Å²) >= 11 is 7.67. The molecule has 0 spiro atoms. The SMILES string of the molecule is CCNCC1CCC1Cc1ccc(Cl)s1. The first-order valence-corrected chi connectivity index (χ1v) is 6.94. The molecular weight excluding hydrogens is 226 g/mol. The molecule has 0 radical (unpaired) electrons. The summed E-state index contributed by atoms with van der Waals surface area (Å²) < 4.78 is 0.924. The smallest absolute Gasteiger partial charge is 0.0931 e. The molecule has 1 aromatic rings. The predicted octanol–water partition coefficient (Wildman–Crippen LogP) is 3.58. The monoisotopic (exact) mass is 243 g/mol. The van der Waals surface area contributed by atoms with E-state index in [1.165, 1.54) is 30.7 Å². The third kappa shape index (κ3) is 2.96. The fourth-order valence-corrected chi connectivity index (χ4v) is 3.41. The molecule has 0 aromatic carbocycles. The number of rotatable bonds is 5.